The minimum absolute atomic E-state index is 0.0781. The van der Waals surface area contributed by atoms with Crippen LogP contribution in [0.2, 0.25) is 0 Å². The molecule has 2 N–H and O–H groups in total. The second-order valence-electron chi connectivity index (χ2n) is 14.0. The van der Waals surface area contributed by atoms with Gasteiger partial charge >= 0.3 is 5.97 Å². The van der Waals surface area contributed by atoms with Gasteiger partial charge in [0.1, 0.15) is 33.8 Å². The van der Waals surface area contributed by atoms with Crippen molar-refractivity contribution in [3.05, 3.63) is 53.3 Å². The molecule has 2 aliphatic heterocycles. The lowest BCUT2D eigenvalue weighted by Gasteiger charge is -2.39. The van der Waals surface area contributed by atoms with Crippen LogP contribution in [0.15, 0.2) is 36.5 Å². The number of nitrogens with one attached hydrogen (secondary N) is 2. The molecule has 6 rings (SSSR count). The molecule has 3 aromatic rings. The molecule has 2 fully saturated rings. The van der Waals surface area contributed by atoms with Crippen LogP contribution in [0.1, 0.15) is 101 Å². The summed E-state index contributed by atoms with van der Waals surface area (Å²) in [6.45, 7) is 14.9. The largest absolute Gasteiger partial charge is 0.598 e. The van der Waals surface area contributed by atoms with Crippen LogP contribution in [0, 0.1) is 5.92 Å². The lowest BCUT2D eigenvalue weighted by atomic mass is 9.84. The van der Waals surface area contributed by atoms with Gasteiger partial charge in [-0.25, -0.2) is 14.8 Å². The SMILES string of the molecule is CC[C@@H](N[S+]([O-])C(C)(C)C)c1ccc(OC2CN(C(=O)C3CC3)C2)c2cnc(Nc3ccc4c(n3)[C@@H](C)C(C)(C)OC4=O)cc12. The topological polar surface area (TPSA) is 129 Å². The van der Waals surface area contributed by atoms with Crippen molar-refractivity contribution >= 4 is 45.6 Å². The number of esters is 1. The second-order valence-corrected chi connectivity index (χ2v) is 16.0. The molecule has 3 atom stereocenters. The van der Waals surface area contributed by atoms with Crippen molar-refractivity contribution < 1.29 is 23.6 Å². The molecular formula is C34H43N5O5S. The van der Waals surface area contributed by atoms with Crippen LogP contribution < -0.4 is 14.8 Å². The third-order valence-corrected chi connectivity index (χ3v) is 10.7. The number of hydrogen-bond donors (Lipinski definition) is 2. The van der Waals surface area contributed by atoms with Crippen LogP contribution >= 0.6 is 0 Å². The first-order chi connectivity index (χ1) is 21.2. The Morgan fingerprint density at radius 2 is 1.91 bits per heavy atom. The first-order valence-electron chi connectivity index (χ1n) is 15.8. The Bertz CT molecular complexity index is 1630. The average molecular weight is 634 g/mol. The fraction of sp³-hybridized carbons (Fsp3) is 0.529. The fourth-order valence-corrected chi connectivity index (χ4v) is 6.64. The quantitative estimate of drug-likeness (QED) is 0.218. The summed E-state index contributed by atoms with van der Waals surface area (Å²) in [6.07, 6.45) is 4.42. The van der Waals surface area contributed by atoms with Gasteiger partial charge < -0.3 is 24.2 Å². The lowest BCUT2D eigenvalue weighted by molar-refractivity contribution is -0.141. The zero-order valence-corrected chi connectivity index (χ0v) is 27.9. The summed E-state index contributed by atoms with van der Waals surface area (Å²) in [5.74, 6) is 1.82. The van der Waals surface area contributed by atoms with E-state index in [9.17, 15) is 14.1 Å². The number of cyclic esters (lactones) is 1. The van der Waals surface area contributed by atoms with Crippen LogP contribution in [0.5, 0.6) is 5.75 Å². The number of likely N-dealkylation sites (tertiary alicyclic amines) is 1. The number of nitrogens with zero attached hydrogens (tertiary/aromatic N) is 3. The van der Waals surface area contributed by atoms with E-state index in [2.05, 4.69) is 17.0 Å². The molecule has 1 saturated carbocycles. The average Bonchev–Trinajstić information content (AvgIpc) is 3.81. The monoisotopic (exact) mass is 633 g/mol. The number of fused-ring (bicyclic) bond motifs is 2. The molecule has 4 heterocycles. The summed E-state index contributed by atoms with van der Waals surface area (Å²) in [5.41, 5.74) is 1.48. The number of amides is 1. The number of anilines is 2. The van der Waals surface area contributed by atoms with Crippen molar-refractivity contribution in [1.82, 2.24) is 19.6 Å². The Kier molecular flexibility index (Phi) is 8.24. The Morgan fingerprint density at radius 1 is 1.18 bits per heavy atom. The molecule has 1 amide bonds. The minimum atomic E-state index is -1.27. The van der Waals surface area contributed by atoms with Crippen molar-refractivity contribution in [3.8, 4) is 5.75 Å². The number of carbonyl (C=O) groups is 2. The maximum absolute atomic E-state index is 13.1. The van der Waals surface area contributed by atoms with Gasteiger partial charge in [-0.05, 0) is 89.1 Å². The molecule has 0 radical (unpaired) electrons. The number of carbonyl (C=O) groups excluding carboxylic acids is 2. The van der Waals surface area contributed by atoms with Gasteiger partial charge in [0.2, 0.25) is 5.91 Å². The third-order valence-electron chi connectivity index (χ3n) is 9.07. The first-order valence-corrected chi connectivity index (χ1v) is 17.0. The van der Waals surface area contributed by atoms with Crippen LogP contribution in [0.4, 0.5) is 11.6 Å². The summed E-state index contributed by atoms with van der Waals surface area (Å²) < 4.78 is 28.1. The fourth-order valence-electron chi connectivity index (χ4n) is 5.73. The predicted octanol–water partition coefficient (Wildman–Crippen LogP) is 5.93. The number of hydrogen-bond acceptors (Lipinski definition) is 9. The van der Waals surface area contributed by atoms with E-state index in [0.717, 1.165) is 35.6 Å². The molecular weight excluding hydrogens is 590 g/mol. The second kappa shape index (κ2) is 11.7. The van der Waals surface area contributed by atoms with Crippen LogP contribution in [0.3, 0.4) is 0 Å². The van der Waals surface area contributed by atoms with Crippen molar-refractivity contribution in [2.24, 2.45) is 5.92 Å². The molecule has 45 heavy (non-hydrogen) atoms. The van der Waals surface area contributed by atoms with Crippen molar-refractivity contribution in [2.75, 3.05) is 18.4 Å². The van der Waals surface area contributed by atoms with Gasteiger partial charge in [0.15, 0.2) is 0 Å². The molecule has 1 saturated heterocycles. The maximum atomic E-state index is 13.1. The summed E-state index contributed by atoms with van der Waals surface area (Å²) in [4.78, 5) is 36.4. The number of benzene rings is 1. The Morgan fingerprint density at radius 3 is 2.58 bits per heavy atom. The maximum Gasteiger partial charge on any atom is 0.340 e. The van der Waals surface area contributed by atoms with Crippen molar-refractivity contribution in [3.63, 3.8) is 0 Å². The molecule has 0 spiro atoms. The molecule has 240 valence electrons. The van der Waals surface area contributed by atoms with Crippen LogP contribution in [0.25, 0.3) is 10.8 Å². The highest BCUT2D eigenvalue weighted by Crippen LogP contribution is 2.39. The molecule has 1 aliphatic carbocycles. The van der Waals surface area contributed by atoms with Crippen molar-refractivity contribution in [2.45, 2.75) is 96.1 Å². The highest BCUT2D eigenvalue weighted by atomic mass is 32.2. The lowest BCUT2D eigenvalue weighted by Crippen LogP contribution is -2.56. The van der Waals surface area contributed by atoms with Crippen LogP contribution in [-0.2, 0) is 20.9 Å². The van der Waals surface area contributed by atoms with E-state index in [4.69, 9.17) is 19.4 Å². The van der Waals surface area contributed by atoms with E-state index >= 15 is 0 Å². The summed E-state index contributed by atoms with van der Waals surface area (Å²) in [5, 5.41) is 5.09. The first kappa shape index (κ1) is 31.6. The van der Waals surface area contributed by atoms with E-state index in [-0.39, 0.29) is 35.9 Å². The van der Waals surface area contributed by atoms with Gasteiger partial charge in [-0.3, -0.25) is 4.79 Å². The summed E-state index contributed by atoms with van der Waals surface area (Å²) in [6, 6.07) is 9.27. The van der Waals surface area contributed by atoms with E-state index < -0.39 is 21.7 Å². The zero-order valence-electron chi connectivity index (χ0n) is 27.1. The normalized spacial score (nSPS) is 21.0. The van der Waals surface area contributed by atoms with Gasteiger partial charge in [0.25, 0.3) is 0 Å². The van der Waals surface area contributed by atoms with E-state index in [1.54, 1.807) is 18.3 Å². The van der Waals surface area contributed by atoms with E-state index in [1.807, 2.05) is 64.6 Å². The smallest absolute Gasteiger partial charge is 0.340 e. The van der Waals surface area contributed by atoms with Gasteiger partial charge in [-0.2, -0.15) is 0 Å². The van der Waals surface area contributed by atoms with Crippen molar-refractivity contribution in [1.29, 1.82) is 0 Å². The van der Waals surface area contributed by atoms with E-state index in [0.29, 0.717) is 41.7 Å². The van der Waals surface area contributed by atoms with Gasteiger partial charge in [0.05, 0.1) is 30.4 Å². The molecule has 2 aromatic heterocycles. The standard InChI is InChI=1S/C34H43N5O5S/c1-8-26(38-45(42)33(3,4)5)22-11-13-27(43-21-17-39(18-21)31(40)20-9-10-20)25-16-35-29(15-24(22)25)36-28-14-12-23-30(37-28)19(2)34(6,7)44-32(23)41/h11-16,19-21,26,38H,8-10,17-18H2,1-7H3,(H,35,36,37)/t19-,26-,45?/m1/s1. The van der Waals surface area contributed by atoms with E-state index in [1.165, 1.54) is 0 Å². The molecule has 3 aliphatic rings. The Hall–Kier alpha value is -3.41. The highest BCUT2D eigenvalue weighted by Gasteiger charge is 2.41. The number of pyridine rings is 2. The third kappa shape index (κ3) is 6.35. The molecule has 1 unspecified atom stereocenters. The zero-order chi connectivity index (χ0) is 32.3. The predicted molar refractivity (Wildman–Crippen MR) is 175 cm³/mol. The van der Waals surface area contributed by atoms with Gasteiger partial charge in [-0.15, -0.1) is 4.72 Å². The molecule has 11 heteroatoms. The number of aromatic nitrogens is 2. The van der Waals surface area contributed by atoms with Gasteiger partial charge in [-0.1, -0.05) is 19.9 Å². The summed E-state index contributed by atoms with van der Waals surface area (Å²) in [7, 11) is 0. The van der Waals surface area contributed by atoms with Gasteiger partial charge in [0, 0.05) is 34.8 Å². The highest BCUT2D eigenvalue weighted by molar-refractivity contribution is 7.90. The Balaban J connectivity index is 1.32. The Labute approximate surface area is 268 Å². The van der Waals surface area contributed by atoms with Crippen LogP contribution in [-0.4, -0.2) is 60.8 Å². The molecule has 0 bridgehead atoms. The molecule has 10 nitrogen and oxygen atoms in total. The minimum Gasteiger partial charge on any atom is -0.598 e. The molecule has 1 aromatic carbocycles. The number of ether oxygens (including phenoxy) is 2. The number of rotatable bonds is 9. The summed E-state index contributed by atoms with van der Waals surface area (Å²) >= 11 is -1.27.